The largest absolute Gasteiger partial charge is 0.314 e. The SMILES string of the molecule is C=N/C(=C\N(N)C(C)C)C(C)C. The molecule has 0 bridgehead atoms. The molecule has 0 amide bonds. The molecule has 0 aliphatic rings. The molecule has 0 atom stereocenters. The Hall–Kier alpha value is -0.830. The van der Waals surface area contributed by atoms with E-state index in [9.17, 15) is 0 Å². The van der Waals surface area contributed by atoms with E-state index in [0.717, 1.165) is 5.70 Å². The summed E-state index contributed by atoms with van der Waals surface area (Å²) >= 11 is 0. The average molecular weight is 169 g/mol. The Balaban J connectivity index is 4.37. The van der Waals surface area contributed by atoms with E-state index in [0.29, 0.717) is 12.0 Å². The zero-order valence-electron chi connectivity index (χ0n) is 8.41. The summed E-state index contributed by atoms with van der Waals surface area (Å²) in [5, 5.41) is 1.64. The summed E-state index contributed by atoms with van der Waals surface area (Å²) in [5.74, 6) is 6.07. The first-order valence-corrected chi connectivity index (χ1v) is 4.20. The van der Waals surface area contributed by atoms with Crippen LogP contribution in [0.15, 0.2) is 16.9 Å². The Labute approximate surface area is 74.9 Å². The Morgan fingerprint density at radius 2 is 1.92 bits per heavy atom. The van der Waals surface area contributed by atoms with Crippen LogP contribution in [-0.2, 0) is 0 Å². The van der Waals surface area contributed by atoms with Gasteiger partial charge in [0.25, 0.3) is 0 Å². The molecule has 0 aromatic rings. The van der Waals surface area contributed by atoms with E-state index in [4.69, 9.17) is 5.84 Å². The van der Waals surface area contributed by atoms with Crippen molar-refractivity contribution in [3.05, 3.63) is 11.9 Å². The third kappa shape index (κ3) is 3.53. The molecular weight excluding hydrogens is 150 g/mol. The molecule has 3 heteroatoms. The summed E-state index contributed by atoms with van der Waals surface area (Å²) in [4.78, 5) is 3.90. The lowest BCUT2D eigenvalue weighted by Gasteiger charge is -2.19. The van der Waals surface area contributed by atoms with Gasteiger partial charge in [-0.05, 0) is 26.5 Å². The lowest BCUT2D eigenvalue weighted by molar-refractivity contribution is 0.318. The van der Waals surface area contributed by atoms with Gasteiger partial charge in [-0.2, -0.15) is 0 Å². The van der Waals surface area contributed by atoms with E-state index >= 15 is 0 Å². The quantitative estimate of drug-likeness (QED) is 0.396. The molecule has 0 saturated carbocycles. The third-order valence-electron chi connectivity index (χ3n) is 1.65. The molecule has 0 radical (unpaired) electrons. The van der Waals surface area contributed by atoms with Crippen LogP contribution in [0.2, 0.25) is 0 Å². The third-order valence-corrected chi connectivity index (χ3v) is 1.65. The minimum Gasteiger partial charge on any atom is -0.314 e. The van der Waals surface area contributed by atoms with E-state index in [-0.39, 0.29) is 0 Å². The van der Waals surface area contributed by atoms with Crippen molar-refractivity contribution < 1.29 is 0 Å². The molecule has 0 heterocycles. The van der Waals surface area contributed by atoms with Gasteiger partial charge in [-0.15, -0.1) is 0 Å². The fourth-order valence-electron chi connectivity index (χ4n) is 0.674. The molecule has 0 fully saturated rings. The van der Waals surface area contributed by atoms with Gasteiger partial charge >= 0.3 is 0 Å². The van der Waals surface area contributed by atoms with Gasteiger partial charge in [0.15, 0.2) is 0 Å². The second kappa shape index (κ2) is 4.93. The molecular formula is C9H19N3. The van der Waals surface area contributed by atoms with Gasteiger partial charge in [0, 0.05) is 12.2 Å². The Kier molecular flexibility index (Phi) is 4.59. The molecule has 2 N–H and O–H groups in total. The van der Waals surface area contributed by atoms with Crippen molar-refractivity contribution in [1.29, 1.82) is 0 Å². The van der Waals surface area contributed by atoms with Crippen molar-refractivity contribution in [2.24, 2.45) is 16.8 Å². The van der Waals surface area contributed by atoms with E-state index < -0.39 is 0 Å². The standard InChI is InChI=1S/C9H19N3/c1-7(2)9(11-5)6-12(10)8(3)4/h6-8H,5,10H2,1-4H3/b9-6-. The Morgan fingerprint density at radius 1 is 1.42 bits per heavy atom. The summed E-state index contributed by atoms with van der Waals surface area (Å²) in [5.41, 5.74) is 0.922. The first-order chi connectivity index (χ1) is 5.49. The number of hydrogen-bond acceptors (Lipinski definition) is 3. The van der Waals surface area contributed by atoms with Crippen molar-refractivity contribution in [2.75, 3.05) is 0 Å². The zero-order chi connectivity index (χ0) is 9.72. The molecule has 0 rings (SSSR count). The fraction of sp³-hybridized carbons (Fsp3) is 0.667. The number of rotatable bonds is 4. The minimum atomic E-state index is 0.292. The van der Waals surface area contributed by atoms with E-state index in [2.05, 4.69) is 25.6 Å². The van der Waals surface area contributed by atoms with Gasteiger partial charge in [0.2, 0.25) is 0 Å². The second-order valence-electron chi connectivity index (χ2n) is 3.41. The predicted octanol–water partition coefficient (Wildman–Crippen LogP) is 1.77. The van der Waals surface area contributed by atoms with Crippen molar-refractivity contribution in [2.45, 2.75) is 33.7 Å². The van der Waals surface area contributed by atoms with Crippen LogP contribution in [0.25, 0.3) is 0 Å². The van der Waals surface area contributed by atoms with Crippen molar-refractivity contribution in [3.63, 3.8) is 0 Å². The average Bonchev–Trinajstić information content (AvgIpc) is 1.98. The molecule has 0 aromatic carbocycles. The summed E-state index contributed by atoms with van der Waals surface area (Å²) in [6, 6.07) is 0.292. The molecule has 12 heavy (non-hydrogen) atoms. The Morgan fingerprint density at radius 3 is 2.17 bits per heavy atom. The first kappa shape index (κ1) is 11.2. The van der Waals surface area contributed by atoms with Crippen molar-refractivity contribution in [3.8, 4) is 0 Å². The van der Waals surface area contributed by atoms with Crippen LogP contribution < -0.4 is 5.84 Å². The number of allylic oxidation sites excluding steroid dienone is 1. The van der Waals surface area contributed by atoms with Crippen molar-refractivity contribution in [1.82, 2.24) is 5.01 Å². The van der Waals surface area contributed by atoms with Gasteiger partial charge in [-0.25, -0.2) is 5.84 Å². The maximum Gasteiger partial charge on any atom is 0.0594 e. The maximum atomic E-state index is 5.70. The van der Waals surface area contributed by atoms with Crippen LogP contribution in [-0.4, -0.2) is 17.8 Å². The van der Waals surface area contributed by atoms with E-state index in [1.165, 1.54) is 0 Å². The number of hydrazine groups is 1. The molecule has 3 nitrogen and oxygen atoms in total. The van der Waals surface area contributed by atoms with Crippen LogP contribution in [0.3, 0.4) is 0 Å². The van der Waals surface area contributed by atoms with Gasteiger partial charge in [-0.3, -0.25) is 4.99 Å². The van der Waals surface area contributed by atoms with Crippen LogP contribution in [0.1, 0.15) is 27.7 Å². The smallest absolute Gasteiger partial charge is 0.0594 e. The molecule has 70 valence electrons. The highest BCUT2D eigenvalue weighted by atomic mass is 15.4. The molecule has 0 unspecified atom stereocenters. The van der Waals surface area contributed by atoms with Gasteiger partial charge in [0.1, 0.15) is 0 Å². The lowest BCUT2D eigenvalue weighted by Crippen LogP contribution is -2.32. The topological polar surface area (TPSA) is 41.6 Å². The number of nitrogens with two attached hydrogens (primary N) is 1. The maximum absolute atomic E-state index is 5.70. The number of aliphatic imine (C=N–C) groups is 1. The van der Waals surface area contributed by atoms with Crippen LogP contribution in [0, 0.1) is 5.92 Å². The van der Waals surface area contributed by atoms with Gasteiger partial charge < -0.3 is 5.01 Å². The summed E-state index contributed by atoms with van der Waals surface area (Å²) in [7, 11) is 0. The van der Waals surface area contributed by atoms with E-state index in [1.807, 2.05) is 20.0 Å². The summed E-state index contributed by atoms with van der Waals surface area (Å²) in [6.07, 6.45) is 1.84. The first-order valence-electron chi connectivity index (χ1n) is 4.20. The Bertz CT molecular complexity index is 171. The zero-order valence-corrected chi connectivity index (χ0v) is 8.41. The van der Waals surface area contributed by atoms with Gasteiger partial charge in [-0.1, -0.05) is 13.8 Å². The molecule has 0 aromatic heterocycles. The molecule has 0 spiro atoms. The number of hydrogen-bond donors (Lipinski definition) is 1. The summed E-state index contributed by atoms with van der Waals surface area (Å²) < 4.78 is 0. The fourth-order valence-corrected chi connectivity index (χ4v) is 0.674. The highest BCUT2D eigenvalue weighted by Gasteiger charge is 2.04. The van der Waals surface area contributed by atoms with Gasteiger partial charge in [0.05, 0.1) is 5.70 Å². The number of nitrogens with zero attached hydrogens (tertiary/aromatic N) is 2. The normalized spacial score (nSPS) is 12.4. The van der Waals surface area contributed by atoms with Crippen LogP contribution in [0.4, 0.5) is 0 Å². The highest BCUT2D eigenvalue weighted by Crippen LogP contribution is 2.10. The monoisotopic (exact) mass is 169 g/mol. The van der Waals surface area contributed by atoms with Crippen molar-refractivity contribution >= 4 is 6.72 Å². The van der Waals surface area contributed by atoms with Crippen LogP contribution in [0.5, 0.6) is 0 Å². The minimum absolute atomic E-state index is 0.292. The van der Waals surface area contributed by atoms with Crippen LogP contribution >= 0.6 is 0 Å². The molecule has 0 saturated heterocycles. The highest BCUT2D eigenvalue weighted by molar-refractivity contribution is 5.29. The molecule has 0 aliphatic carbocycles. The predicted molar refractivity (Wildman–Crippen MR) is 53.6 cm³/mol. The lowest BCUT2D eigenvalue weighted by atomic mass is 10.1. The second-order valence-corrected chi connectivity index (χ2v) is 3.41. The van der Waals surface area contributed by atoms with E-state index in [1.54, 1.807) is 5.01 Å². The summed E-state index contributed by atoms with van der Waals surface area (Å²) in [6.45, 7) is 11.7. The molecule has 0 aliphatic heterocycles.